The number of H-pyrrole nitrogens is 1. The normalized spacial score (nSPS) is 10.2. The molecule has 0 unspecified atom stereocenters. The third-order valence-electron chi connectivity index (χ3n) is 3.45. The van der Waals surface area contributed by atoms with E-state index < -0.39 is 5.56 Å². The monoisotopic (exact) mass is 287 g/mol. The van der Waals surface area contributed by atoms with Gasteiger partial charge in [-0.1, -0.05) is 35.9 Å². The van der Waals surface area contributed by atoms with Crippen molar-refractivity contribution < 1.29 is 0 Å². The minimum absolute atomic E-state index is 0.114. The lowest BCUT2D eigenvalue weighted by atomic mass is 9.99. The fourth-order valence-electron chi connectivity index (χ4n) is 2.29. The Morgan fingerprint density at radius 3 is 2.55 bits per heavy atom. The molecular weight excluding hydrogens is 274 g/mol. The fourth-order valence-corrected chi connectivity index (χ4v) is 2.29. The number of pyridine rings is 2. The van der Waals surface area contributed by atoms with E-state index in [4.69, 9.17) is 0 Å². The molecule has 0 radical (unpaired) electrons. The van der Waals surface area contributed by atoms with Crippen molar-refractivity contribution in [3.8, 4) is 28.6 Å². The Morgan fingerprint density at radius 1 is 1.14 bits per heavy atom. The molecule has 3 aromatic rings. The Morgan fingerprint density at radius 2 is 1.91 bits per heavy atom. The van der Waals surface area contributed by atoms with Crippen LogP contribution in [0.3, 0.4) is 0 Å². The van der Waals surface area contributed by atoms with Gasteiger partial charge in [0.2, 0.25) is 0 Å². The number of nitrogens with zero attached hydrogens (tertiary/aromatic N) is 2. The molecule has 0 saturated heterocycles. The quantitative estimate of drug-likeness (QED) is 0.786. The zero-order valence-corrected chi connectivity index (χ0v) is 12.0. The molecule has 2 heterocycles. The topological polar surface area (TPSA) is 69.5 Å². The van der Waals surface area contributed by atoms with Crippen LogP contribution in [-0.4, -0.2) is 9.97 Å². The minimum atomic E-state index is -0.402. The zero-order chi connectivity index (χ0) is 15.5. The van der Waals surface area contributed by atoms with Crippen LogP contribution in [0.5, 0.6) is 0 Å². The number of aromatic nitrogens is 2. The Bertz CT molecular complexity index is 904. The maximum Gasteiger partial charge on any atom is 0.267 e. The number of benzene rings is 1. The molecule has 0 amide bonds. The van der Waals surface area contributed by atoms with Crippen molar-refractivity contribution in [1.29, 1.82) is 5.26 Å². The Labute approximate surface area is 127 Å². The maximum atomic E-state index is 12.2. The van der Waals surface area contributed by atoms with Gasteiger partial charge < -0.3 is 4.98 Å². The van der Waals surface area contributed by atoms with Crippen molar-refractivity contribution in [2.24, 2.45) is 0 Å². The van der Waals surface area contributed by atoms with Crippen LogP contribution in [0.15, 0.2) is 59.5 Å². The molecular formula is C18H13N3O. The summed E-state index contributed by atoms with van der Waals surface area (Å²) in [5.41, 5.74) is 3.55. The Balaban J connectivity index is 2.24. The number of aromatic amines is 1. The largest absolute Gasteiger partial charge is 0.319 e. The highest BCUT2D eigenvalue weighted by Gasteiger charge is 2.12. The van der Waals surface area contributed by atoms with Crippen molar-refractivity contribution in [2.45, 2.75) is 6.92 Å². The maximum absolute atomic E-state index is 12.2. The molecule has 1 aromatic carbocycles. The van der Waals surface area contributed by atoms with Gasteiger partial charge in [0.1, 0.15) is 11.6 Å². The van der Waals surface area contributed by atoms with Crippen LogP contribution in [0.2, 0.25) is 0 Å². The number of nitrogens with one attached hydrogen (secondary N) is 1. The van der Waals surface area contributed by atoms with Crippen LogP contribution in [0, 0.1) is 18.3 Å². The van der Waals surface area contributed by atoms with Crippen molar-refractivity contribution in [2.75, 3.05) is 0 Å². The molecule has 0 aliphatic carbocycles. The van der Waals surface area contributed by atoms with Crippen molar-refractivity contribution in [3.05, 3.63) is 76.2 Å². The van der Waals surface area contributed by atoms with Gasteiger partial charge in [0.25, 0.3) is 5.56 Å². The predicted octanol–water partition coefficient (Wildman–Crippen LogP) is 3.28. The summed E-state index contributed by atoms with van der Waals surface area (Å²) in [5.74, 6) is 0. The van der Waals surface area contributed by atoms with E-state index in [-0.39, 0.29) is 5.56 Å². The van der Waals surface area contributed by atoms with Gasteiger partial charge >= 0.3 is 0 Å². The molecule has 0 aliphatic heterocycles. The summed E-state index contributed by atoms with van der Waals surface area (Å²) >= 11 is 0. The highest BCUT2D eigenvalue weighted by Crippen LogP contribution is 2.25. The van der Waals surface area contributed by atoms with Crippen molar-refractivity contribution in [3.63, 3.8) is 0 Å². The predicted molar refractivity (Wildman–Crippen MR) is 85.2 cm³/mol. The number of rotatable bonds is 2. The lowest BCUT2D eigenvalue weighted by Gasteiger charge is -2.08. The van der Waals surface area contributed by atoms with E-state index in [1.807, 2.05) is 55.5 Å². The molecule has 4 heteroatoms. The van der Waals surface area contributed by atoms with Crippen molar-refractivity contribution in [1.82, 2.24) is 9.97 Å². The van der Waals surface area contributed by atoms with E-state index in [1.54, 1.807) is 12.3 Å². The van der Waals surface area contributed by atoms with E-state index in [2.05, 4.69) is 9.97 Å². The van der Waals surface area contributed by atoms with E-state index in [1.165, 1.54) is 0 Å². The van der Waals surface area contributed by atoms with Gasteiger partial charge in [-0.2, -0.15) is 5.26 Å². The van der Waals surface area contributed by atoms with E-state index in [0.717, 1.165) is 11.1 Å². The van der Waals surface area contributed by atoms with Crippen LogP contribution < -0.4 is 5.56 Å². The van der Waals surface area contributed by atoms with E-state index >= 15 is 0 Å². The third kappa shape index (κ3) is 2.52. The fraction of sp³-hybridized carbons (Fsp3) is 0.0556. The average molecular weight is 287 g/mol. The zero-order valence-electron chi connectivity index (χ0n) is 12.0. The molecule has 22 heavy (non-hydrogen) atoms. The molecule has 4 nitrogen and oxygen atoms in total. The molecule has 106 valence electrons. The summed E-state index contributed by atoms with van der Waals surface area (Å²) in [6.07, 6.45) is 1.66. The standard InChI is InChI=1S/C18H13N3O/c1-12-5-7-13(8-6-12)14-10-17(16-4-2-3-9-20-16)21-18(22)15(14)11-19/h2-10H,1H3,(H,21,22). The Hall–Kier alpha value is -3.19. The van der Waals surface area contributed by atoms with Crippen LogP contribution in [0.4, 0.5) is 0 Å². The van der Waals surface area contributed by atoms with Gasteiger partial charge in [-0.3, -0.25) is 9.78 Å². The van der Waals surface area contributed by atoms with Crippen LogP contribution in [-0.2, 0) is 0 Å². The summed E-state index contributed by atoms with van der Waals surface area (Å²) < 4.78 is 0. The van der Waals surface area contributed by atoms with Gasteiger partial charge in [0.05, 0.1) is 11.4 Å². The molecule has 3 rings (SSSR count). The van der Waals surface area contributed by atoms with Crippen LogP contribution in [0.1, 0.15) is 11.1 Å². The highest BCUT2D eigenvalue weighted by atomic mass is 16.1. The summed E-state index contributed by atoms with van der Waals surface area (Å²) in [6.45, 7) is 1.99. The lowest BCUT2D eigenvalue weighted by molar-refractivity contribution is 1.19. The van der Waals surface area contributed by atoms with E-state index in [9.17, 15) is 10.1 Å². The number of hydrogen-bond donors (Lipinski definition) is 1. The smallest absolute Gasteiger partial charge is 0.267 e. The number of hydrogen-bond acceptors (Lipinski definition) is 3. The summed E-state index contributed by atoms with van der Waals surface area (Å²) in [4.78, 5) is 19.2. The first kappa shape index (κ1) is 13.8. The second-order valence-electron chi connectivity index (χ2n) is 4.99. The van der Waals surface area contributed by atoms with Gasteiger partial charge in [0, 0.05) is 11.8 Å². The highest BCUT2D eigenvalue weighted by molar-refractivity contribution is 5.74. The molecule has 1 N–H and O–H groups in total. The van der Waals surface area contributed by atoms with Gasteiger partial charge in [-0.15, -0.1) is 0 Å². The van der Waals surface area contributed by atoms with Crippen molar-refractivity contribution >= 4 is 0 Å². The summed E-state index contributed by atoms with van der Waals surface area (Å²) in [5, 5.41) is 9.29. The molecule has 2 aromatic heterocycles. The molecule has 0 saturated carbocycles. The molecule has 0 fully saturated rings. The molecule has 0 spiro atoms. The first-order chi connectivity index (χ1) is 10.7. The third-order valence-corrected chi connectivity index (χ3v) is 3.45. The second kappa shape index (κ2) is 5.66. The Kier molecular flexibility index (Phi) is 3.55. The first-order valence-corrected chi connectivity index (χ1v) is 6.85. The van der Waals surface area contributed by atoms with Gasteiger partial charge in [-0.25, -0.2) is 0 Å². The van der Waals surface area contributed by atoms with E-state index in [0.29, 0.717) is 17.0 Å². The lowest BCUT2D eigenvalue weighted by Crippen LogP contribution is -2.13. The molecule has 0 aliphatic rings. The average Bonchev–Trinajstić information content (AvgIpc) is 2.55. The second-order valence-corrected chi connectivity index (χ2v) is 4.99. The SMILES string of the molecule is Cc1ccc(-c2cc(-c3ccccn3)[nH]c(=O)c2C#N)cc1. The minimum Gasteiger partial charge on any atom is -0.319 e. The summed E-state index contributed by atoms with van der Waals surface area (Å²) in [6, 6.07) is 17.0. The van der Waals surface area contributed by atoms with Crippen LogP contribution in [0.25, 0.3) is 22.5 Å². The van der Waals surface area contributed by atoms with Gasteiger partial charge in [0.15, 0.2) is 0 Å². The van der Waals surface area contributed by atoms with Gasteiger partial charge in [-0.05, 0) is 30.7 Å². The number of nitriles is 1. The molecule has 0 bridgehead atoms. The molecule has 0 atom stereocenters. The summed E-state index contributed by atoms with van der Waals surface area (Å²) in [7, 11) is 0. The van der Waals surface area contributed by atoms with Crippen LogP contribution >= 0.6 is 0 Å². The first-order valence-electron chi connectivity index (χ1n) is 6.85. The number of aryl methyl sites for hydroxylation is 1.